The lowest BCUT2D eigenvalue weighted by atomic mass is 9.95. The molecule has 132 valence electrons. The fourth-order valence-corrected chi connectivity index (χ4v) is 2.62. The molecule has 1 unspecified atom stereocenters. The second kappa shape index (κ2) is 10.7. The first-order valence-corrected chi connectivity index (χ1v) is 9.42. The van der Waals surface area contributed by atoms with Gasteiger partial charge in [0.25, 0.3) is 0 Å². The molecule has 1 N–H and O–H groups in total. The topological polar surface area (TPSA) is 21.3 Å². The average molecular weight is 320 g/mol. The van der Waals surface area contributed by atoms with Gasteiger partial charge in [0, 0.05) is 12.6 Å². The molecule has 0 amide bonds. The van der Waals surface area contributed by atoms with Crippen LogP contribution >= 0.6 is 0 Å². The van der Waals surface area contributed by atoms with Crippen molar-refractivity contribution in [1.82, 2.24) is 5.32 Å². The Morgan fingerprint density at radius 1 is 0.957 bits per heavy atom. The van der Waals surface area contributed by atoms with Crippen LogP contribution in [0.1, 0.15) is 84.7 Å². The maximum Gasteiger partial charge on any atom is 0.119 e. The minimum atomic E-state index is 0.314. The summed E-state index contributed by atoms with van der Waals surface area (Å²) in [6.45, 7) is 13.2. The van der Waals surface area contributed by atoms with Gasteiger partial charge in [-0.3, -0.25) is 0 Å². The molecule has 0 saturated heterocycles. The molecule has 0 aliphatic carbocycles. The Hall–Kier alpha value is -1.02. The average Bonchev–Trinajstić information content (AvgIpc) is 2.51. The lowest BCUT2D eigenvalue weighted by molar-refractivity contribution is 0.304. The summed E-state index contributed by atoms with van der Waals surface area (Å²) in [4.78, 5) is 0. The molecule has 0 radical (unpaired) electrons. The Kier molecular flexibility index (Phi) is 9.31. The van der Waals surface area contributed by atoms with Crippen molar-refractivity contribution in [2.45, 2.75) is 79.2 Å². The van der Waals surface area contributed by atoms with Crippen LogP contribution in [0, 0.1) is 5.41 Å². The molecule has 0 fully saturated rings. The maximum absolute atomic E-state index is 5.85. The molecule has 0 bridgehead atoms. The summed E-state index contributed by atoms with van der Waals surface area (Å²) in [6.07, 6.45) is 7.51. The van der Waals surface area contributed by atoms with Crippen LogP contribution in [0.2, 0.25) is 0 Å². The van der Waals surface area contributed by atoms with E-state index in [1.165, 1.54) is 31.2 Å². The third-order valence-corrected chi connectivity index (χ3v) is 4.09. The van der Waals surface area contributed by atoms with Crippen molar-refractivity contribution in [3.05, 3.63) is 29.8 Å². The van der Waals surface area contributed by atoms with Crippen LogP contribution in [0.15, 0.2) is 24.3 Å². The third-order valence-electron chi connectivity index (χ3n) is 4.09. The van der Waals surface area contributed by atoms with E-state index in [0.717, 1.165) is 31.7 Å². The van der Waals surface area contributed by atoms with Gasteiger partial charge in [0.05, 0.1) is 6.61 Å². The molecule has 0 aliphatic heterocycles. The Labute approximate surface area is 144 Å². The minimum absolute atomic E-state index is 0.314. The molecule has 0 aromatic heterocycles. The molecule has 0 heterocycles. The Balaban J connectivity index is 2.38. The van der Waals surface area contributed by atoms with Gasteiger partial charge in [-0.2, -0.15) is 0 Å². The Morgan fingerprint density at radius 3 is 2.17 bits per heavy atom. The zero-order valence-corrected chi connectivity index (χ0v) is 16.0. The van der Waals surface area contributed by atoms with E-state index in [1.54, 1.807) is 0 Å². The number of hydrogen-bond acceptors (Lipinski definition) is 2. The smallest absolute Gasteiger partial charge is 0.119 e. The van der Waals surface area contributed by atoms with E-state index >= 15 is 0 Å². The molecule has 1 rings (SSSR count). The third kappa shape index (κ3) is 9.00. The molecule has 0 aliphatic rings. The molecule has 2 heteroatoms. The summed E-state index contributed by atoms with van der Waals surface area (Å²) in [5.74, 6) is 0.995. The van der Waals surface area contributed by atoms with E-state index in [0.29, 0.717) is 11.5 Å². The summed E-state index contributed by atoms with van der Waals surface area (Å²) >= 11 is 0. The Bertz CT molecular complexity index is 405. The van der Waals surface area contributed by atoms with E-state index < -0.39 is 0 Å². The number of unbranched alkanes of at least 4 members (excludes halogenated alkanes) is 4. The monoisotopic (exact) mass is 319 g/mol. The molecule has 1 atom stereocenters. The molecular weight excluding hydrogens is 282 g/mol. The highest BCUT2D eigenvalue weighted by atomic mass is 16.5. The summed E-state index contributed by atoms with van der Waals surface area (Å²) < 4.78 is 5.85. The highest BCUT2D eigenvalue weighted by Gasteiger charge is 2.14. The Morgan fingerprint density at radius 2 is 1.61 bits per heavy atom. The van der Waals surface area contributed by atoms with Gasteiger partial charge in [-0.25, -0.2) is 0 Å². The number of benzene rings is 1. The molecular formula is C21H37NO. The first-order chi connectivity index (χ1) is 11.0. The summed E-state index contributed by atoms with van der Waals surface area (Å²) in [7, 11) is 0. The SMILES string of the molecule is CCCCCCCOc1ccc(C(CC)NCC(C)(C)C)cc1. The number of nitrogens with one attached hydrogen (secondary N) is 1. The zero-order chi connectivity index (χ0) is 17.1. The zero-order valence-electron chi connectivity index (χ0n) is 16.0. The molecule has 0 saturated carbocycles. The predicted octanol–water partition coefficient (Wildman–Crippen LogP) is 6.12. The van der Waals surface area contributed by atoms with Crippen LogP contribution in [-0.2, 0) is 0 Å². The normalized spacial score (nSPS) is 13.1. The second-order valence-corrected chi connectivity index (χ2v) is 7.73. The quantitative estimate of drug-likeness (QED) is 0.496. The van der Waals surface area contributed by atoms with Crippen LogP contribution in [0.3, 0.4) is 0 Å². The molecule has 1 aromatic carbocycles. The van der Waals surface area contributed by atoms with Gasteiger partial charge in [-0.05, 0) is 36.0 Å². The summed E-state index contributed by atoms with van der Waals surface area (Å²) in [6, 6.07) is 9.07. The highest BCUT2D eigenvalue weighted by molar-refractivity contribution is 5.29. The minimum Gasteiger partial charge on any atom is -0.494 e. The maximum atomic E-state index is 5.85. The van der Waals surface area contributed by atoms with E-state index in [1.807, 2.05) is 0 Å². The van der Waals surface area contributed by atoms with Gasteiger partial charge in [-0.1, -0.05) is 72.4 Å². The van der Waals surface area contributed by atoms with Crippen molar-refractivity contribution in [2.75, 3.05) is 13.2 Å². The van der Waals surface area contributed by atoms with Crippen LogP contribution in [0.25, 0.3) is 0 Å². The highest BCUT2D eigenvalue weighted by Crippen LogP contribution is 2.22. The van der Waals surface area contributed by atoms with E-state index in [2.05, 4.69) is 64.2 Å². The van der Waals surface area contributed by atoms with Gasteiger partial charge in [0.1, 0.15) is 5.75 Å². The van der Waals surface area contributed by atoms with Gasteiger partial charge >= 0.3 is 0 Å². The van der Waals surface area contributed by atoms with Crippen LogP contribution < -0.4 is 10.1 Å². The lowest BCUT2D eigenvalue weighted by Gasteiger charge is -2.24. The first kappa shape index (κ1) is 20.0. The van der Waals surface area contributed by atoms with Crippen LogP contribution in [-0.4, -0.2) is 13.2 Å². The van der Waals surface area contributed by atoms with Crippen molar-refractivity contribution in [1.29, 1.82) is 0 Å². The fraction of sp³-hybridized carbons (Fsp3) is 0.714. The summed E-state index contributed by atoms with van der Waals surface area (Å²) in [5, 5.41) is 3.68. The van der Waals surface area contributed by atoms with Crippen LogP contribution in [0.5, 0.6) is 5.75 Å². The van der Waals surface area contributed by atoms with Crippen molar-refractivity contribution < 1.29 is 4.74 Å². The molecule has 1 aromatic rings. The molecule has 2 nitrogen and oxygen atoms in total. The van der Waals surface area contributed by atoms with Crippen molar-refractivity contribution in [3.63, 3.8) is 0 Å². The van der Waals surface area contributed by atoms with Gasteiger partial charge in [0.2, 0.25) is 0 Å². The van der Waals surface area contributed by atoms with Gasteiger partial charge < -0.3 is 10.1 Å². The largest absolute Gasteiger partial charge is 0.494 e. The number of hydrogen-bond donors (Lipinski definition) is 1. The first-order valence-electron chi connectivity index (χ1n) is 9.42. The van der Waals surface area contributed by atoms with Crippen molar-refractivity contribution in [3.8, 4) is 5.75 Å². The van der Waals surface area contributed by atoms with Crippen molar-refractivity contribution in [2.24, 2.45) is 5.41 Å². The molecule has 0 spiro atoms. The lowest BCUT2D eigenvalue weighted by Crippen LogP contribution is -2.30. The fourth-order valence-electron chi connectivity index (χ4n) is 2.62. The standard InChI is InChI=1S/C21H37NO/c1-6-8-9-10-11-16-23-19-14-12-18(13-15-19)20(7-2)22-17-21(3,4)5/h12-15,20,22H,6-11,16-17H2,1-5H3. The van der Waals surface area contributed by atoms with E-state index in [4.69, 9.17) is 4.74 Å². The van der Waals surface area contributed by atoms with Gasteiger partial charge in [0.15, 0.2) is 0 Å². The van der Waals surface area contributed by atoms with E-state index in [-0.39, 0.29) is 0 Å². The van der Waals surface area contributed by atoms with Gasteiger partial charge in [-0.15, -0.1) is 0 Å². The second-order valence-electron chi connectivity index (χ2n) is 7.73. The van der Waals surface area contributed by atoms with Crippen molar-refractivity contribution >= 4 is 0 Å². The predicted molar refractivity (Wildman–Crippen MR) is 101 cm³/mol. The number of rotatable bonds is 11. The molecule has 23 heavy (non-hydrogen) atoms. The number of ether oxygens (including phenoxy) is 1. The van der Waals surface area contributed by atoms with Crippen LogP contribution in [0.4, 0.5) is 0 Å². The summed E-state index contributed by atoms with van der Waals surface area (Å²) in [5.41, 5.74) is 1.67. The van der Waals surface area contributed by atoms with E-state index in [9.17, 15) is 0 Å².